The van der Waals surface area contributed by atoms with E-state index in [0.717, 1.165) is 5.56 Å². The van der Waals surface area contributed by atoms with E-state index in [-0.39, 0.29) is 54.3 Å². The van der Waals surface area contributed by atoms with Crippen LogP contribution in [0.25, 0.3) is 0 Å². The van der Waals surface area contributed by atoms with Crippen molar-refractivity contribution in [3.05, 3.63) is 35.9 Å². The molecule has 0 saturated carbocycles. The molecule has 0 aromatic heterocycles. The monoisotopic (exact) mass is 813 g/mol. The predicted molar refractivity (Wildman–Crippen MR) is 216 cm³/mol. The van der Waals surface area contributed by atoms with Crippen LogP contribution in [0.5, 0.6) is 0 Å². The van der Waals surface area contributed by atoms with Crippen molar-refractivity contribution in [3.63, 3.8) is 0 Å². The Bertz CT molecular complexity index is 1390. The lowest BCUT2D eigenvalue weighted by Crippen LogP contribution is -2.59. The van der Waals surface area contributed by atoms with Crippen molar-refractivity contribution in [2.24, 2.45) is 23.7 Å². The van der Waals surface area contributed by atoms with Gasteiger partial charge in [0.05, 0.1) is 49.2 Å². The molecular weight excluding hydrogens is 741 g/mol. The molecule has 1 aromatic carbocycles. The highest BCUT2D eigenvalue weighted by Gasteiger charge is 2.43. The fourth-order valence-electron chi connectivity index (χ4n) is 8.20. The van der Waals surface area contributed by atoms with Gasteiger partial charge in [-0.1, -0.05) is 85.2 Å². The predicted octanol–water partition coefficient (Wildman–Crippen LogP) is 4.51. The number of halogens is 3. The van der Waals surface area contributed by atoms with Gasteiger partial charge in [-0.3, -0.25) is 24.1 Å². The molecule has 9 atom stereocenters. The number of hydrogen-bond acceptors (Lipinski definition) is 8. The van der Waals surface area contributed by atoms with E-state index in [4.69, 9.17) is 9.47 Å². The molecule has 0 spiro atoms. The maximum absolute atomic E-state index is 14.2. The molecule has 1 saturated heterocycles. The van der Waals surface area contributed by atoms with Crippen molar-refractivity contribution < 1.29 is 41.8 Å². The zero-order valence-electron chi connectivity index (χ0n) is 36.3. The molecule has 326 valence electrons. The second-order valence-corrected chi connectivity index (χ2v) is 16.6. The first kappa shape index (κ1) is 49.9. The maximum atomic E-state index is 14.2. The molecule has 1 fully saturated rings. The summed E-state index contributed by atoms with van der Waals surface area (Å²) in [6.07, 6.45) is -3.50. The van der Waals surface area contributed by atoms with Gasteiger partial charge < -0.3 is 35.2 Å². The Morgan fingerprint density at radius 3 is 2.05 bits per heavy atom. The highest BCUT2D eigenvalue weighted by atomic mass is 19.4. The zero-order chi connectivity index (χ0) is 43.2. The van der Waals surface area contributed by atoms with Crippen LogP contribution in [0.15, 0.2) is 30.3 Å². The van der Waals surface area contributed by atoms with E-state index in [0.29, 0.717) is 32.2 Å². The lowest BCUT2D eigenvalue weighted by Gasteiger charge is -2.41. The summed E-state index contributed by atoms with van der Waals surface area (Å²) in [6.45, 7) is 12.6. The van der Waals surface area contributed by atoms with Gasteiger partial charge in [0, 0.05) is 40.4 Å². The number of rotatable bonds is 23. The van der Waals surface area contributed by atoms with Crippen LogP contribution in [0.2, 0.25) is 0 Å². The van der Waals surface area contributed by atoms with E-state index in [1.165, 1.54) is 14.2 Å². The summed E-state index contributed by atoms with van der Waals surface area (Å²) in [5.41, 5.74) is 0.865. The number of hydrogen-bond donors (Lipinski definition) is 3. The highest BCUT2D eigenvalue weighted by molar-refractivity contribution is 5.90. The second-order valence-electron chi connectivity index (χ2n) is 16.6. The number of benzene rings is 1. The number of methoxy groups -OCH3 is 2. The number of alkyl halides is 3. The smallest absolute Gasteiger partial charge is 0.379 e. The summed E-state index contributed by atoms with van der Waals surface area (Å²) < 4.78 is 50.8. The topological polar surface area (TPSA) is 133 Å². The first-order valence-electron chi connectivity index (χ1n) is 20.4. The molecule has 3 N–H and O–H groups in total. The number of ether oxygens (including phenoxy) is 2. The normalized spacial score (nSPS) is 19.1. The molecule has 12 nitrogen and oxygen atoms in total. The summed E-state index contributed by atoms with van der Waals surface area (Å²) in [4.78, 5) is 60.9. The zero-order valence-corrected chi connectivity index (χ0v) is 36.3. The molecule has 2 rings (SSSR count). The van der Waals surface area contributed by atoms with Gasteiger partial charge in [0.25, 0.3) is 0 Å². The Morgan fingerprint density at radius 1 is 0.912 bits per heavy atom. The Balaban J connectivity index is 2.28. The van der Waals surface area contributed by atoms with E-state index in [9.17, 15) is 32.3 Å². The molecule has 1 aliphatic heterocycles. The van der Waals surface area contributed by atoms with Crippen molar-refractivity contribution in [3.8, 4) is 0 Å². The fourth-order valence-corrected chi connectivity index (χ4v) is 8.20. The first-order valence-corrected chi connectivity index (χ1v) is 20.4. The van der Waals surface area contributed by atoms with Gasteiger partial charge in [0.2, 0.25) is 23.6 Å². The molecule has 0 aliphatic carbocycles. The largest absolute Gasteiger partial charge is 0.401 e. The summed E-state index contributed by atoms with van der Waals surface area (Å²) in [5.74, 6) is -2.08. The first-order chi connectivity index (χ1) is 26.7. The van der Waals surface area contributed by atoms with Gasteiger partial charge in [-0.2, -0.15) is 13.2 Å². The molecule has 1 heterocycles. The van der Waals surface area contributed by atoms with E-state index in [1.807, 2.05) is 90.9 Å². The van der Waals surface area contributed by atoms with Crippen LogP contribution in [0.1, 0.15) is 79.7 Å². The molecule has 0 bridgehead atoms. The van der Waals surface area contributed by atoms with Crippen molar-refractivity contribution in [2.75, 3.05) is 55.0 Å². The summed E-state index contributed by atoms with van der Waals surface area (Å²) in [6, 6.07) is 6.43. The fraction of sp³-hybridized carbons (Fsp3) is 0.762. The Hall–Kier alpha value is -3.27. The molecule has 15 heteroatoms. The molecule has 57 heavy (non-hydrogen) atoms. The Kier molecular flexibility index (Phi) is 20.4. The van der Waals surface area contributed by atoms with Crippen LogP contribution >= 0.6 is 0 Å². The number of nitrogens with one attached hydrogen (secondary N) is 3. The average molecular weight is 813 g/mol. The minimum atomic E-state index is -4.40. The summed E-state index contributed by atoms with van der Waals surface area (Å²) in [7, 11) is 8.39. The Morgan fingerprint density at radius 2 is 1.54 bits per heavy atom. The van der Waals surface area contributed by atoms with Crippen LogP contribution < -0.4 is 16.0 Å². The van der Waals surface area contributed by atoms with Crippen LogP contribution in [-0.4, -0.2) is 142 Å². The molecule has 0 radical (unpaired) electrons. The number of likely N-dealkylation sites (tertiary alicyclic amines) is 1. The van der Waals surface area contributed by atoms with Gasteiger partial charge in [-0.25, -0.2) is 0 Å². The van der Waals surface area contributed by atoms with E-state index in [1.54, 1.807) is 23.8 Å². The Labute approximate surface area is 339 Å². The molecule has 1 unspecified atom stereocenters. The van der Waals surface area contributed by atoms with Gasteiger partial charge >= 0.3 is 6.18 Å². The third-order valence-electron chi connectivity index (χ3n) is 11.3. The van der Waals surface area contributed by atoms with Crippen LogP contribution in [0, 0.1) is 23.7 Å². The third kappa shape index (κ3) is 14.8. The maximum Gasteiger partial charge on any atom is 0.401 e. The molecule has 1 aromatic rings. The standard InChI is InChI=1S/C42H71F3N6O6/c1-13-28(6)37(50(10)41(55)35(26(2)3)48-40(54)36(27(4)5)49(8)9)33(56-11)23-34(52)51-21-17-20-32(51)38(57-12)29(7)39(53)47-31(24-46-25-42(43,44)45)22-30-18-15-14-16-19-30/h14-16,18-19,26-29,31-33,35-38,46H,13,17,20-25H2,1-12H3,(H,47,53)(H,48,54)/t28-,29+,31-,32-,33+,35-,36-,37?,38+/m0/s1. The molecular formula is C42H71F3N6O6. The van der Waals surface area contributed by atoms with E-state index >= 15 is 0 Å². The molecule has 1 aliphatic rings. The summed E-state index contributed by atoms with van der Waals surface area (Å²) in [5, 5.41) is 8.38. The average Bonchev–Trinajstić information content (AvgIpc) is 3.62. The van der Waals surface area contributed by atoms with Crippen molar-refractivity contribution >= 4 is 23.6 Å². The minimum absolute atomic E-state index is 0.0207. The highest BCUT2D eigenvalue weighted by Crippen LogP contribution is 2.30. The van der Waals surface area contributed by atoms with Crippen LogP contribution in [0.4, 0.5) is 13.2 Å². The SMILES string of the molecule is CC[C@H](C)C([C@@H](CC(=O)N1CCC[C@H]1[C@H](OC)[C@@H](C)C(=O)N[C@H](CNCC(F)(F)F)Cc1ccccc1)OC)N(C)C(=O)[C@@H](NC(=O)[C@H](C(C)C)N(C)C)C(C)C. The van der Waals surface area contributed by atoms with Gasteiger partial charge in [0.15, 0.2) is 0 Å². The van der Waals surface area contributed by atoms with Crippen molar-refractivity contribution in [2.45, 2.75) is 129 Å². The van der Waals surface area contributed by atoms with Gasteiger partial charge in [-0.05, 0) is 56.7 Å². The van der Waals surface area contributed by atoms with E-state index < -0.39 is 61.1 Å². The third-order valence-corrected chi connectivity index (χ3v) is 11.3. The lowest BCUT2D eigenvalue weighted by atomic mass is 9.89. The van der Waals surface area contributed by atoms with Gasteiger partial charge in [0.1, 0.15) is 6.04 Å². The number of carbonyl (C=O) groups excluding carboxylic acids is 4. The number of carbonyl (C=O) groups is 4. The number of nitrogens with zero attached hydrogens (tertiary/aromatic N) is 3. The van der Waals surface area contributed by atoms with Crippen molar-refractivity contribution in [1.82, 2.24) is 30.7 Å². The van der Waals surface area contributed by atoms with E-state index in [2.05, 4.69) is 16.0 Å². The second kappa shape index (κ2) is 23.4. The number of likely N-dealkylation sites (N-methyl/N-ethyl adjacent to an activating group) is 2. The minimum Gasteiger partial charge on any atom is -0.379 e. The van der Waals surface area contributed by atoms with Crippen LogP contribution in [-0.2, 0) is 35.1 Å². The summed E-state index contributed by atoms with van der Waals surface area (Å²) >= 11 is 0. The van der Waals surface area contributed by atoms with Crippen molar-refractivity contribution in [1.29, 1.82) is 0 Å². The quantitative estimate of drug-likeness (QED) is 0.147. The van der Waals surface area contributed by atoms with Crippen LogP contribution in [0.3, 0.4) is 0 Å². The molecule has 4 amide bonds. The lowest BCUT2D eigenvalue weighted by molar-refractivity contribution is -0.148. The number of amides is 4. The van der Waals surface area contributed by atoms with Gasteiger partial charge in [-0.15, -0.1) is 0 Å².